The van der Waals surface area contributed by atoms with E-state index in [0.717, 1.165) is 5.56 Å². The summed E-state index contributed by atoms with van der Waals surface area (Å²) in [6.07, 6.45) is -0.916. The van der Waals surface area contributed by atoms with Crippen LogP contribution in [-0.4, -0.2) is 21.0 Å². The van der Waals surface area contributed by atoms with Crippen LogP contribution in [0.3, 0.4) is 0 Å². The smallest absolute Gasteiger partial charge is 0.449 e. The van der Waals surface area contributed by atoms with Gasteiger partial charge >= 0.3 is 6.09 Å². The van der Waals surface area contributed by atoms with E-state index >= 15 is 0 Å². The Bertz CT molecular complexity index is 408. The van der Waals surface area contributed by atoms with Gasteiger partial charge in [0.1, 0.15) is 18.0 Å². The fourth-order valence-electron chi connectivity index (χ4n) is 0.973. The summed E-state index contributed by atoms with van der Waals surface area (Å²) in [5.41, 5.74) is 1.02. The van der Waals surface area contributed by atoms with Crippen LogP contribution in [-0.2, 0) is 16.1 Å². The largest absolute Gasteiger partial charge is 0.588 e. The summed E-state index contributed by atoms with van der Waals surface area (Å²) in [4.78, 5) is 11.7. The molecule has 1 aromatic carbocycles. The summed E-state index contributed by atoms with van der Waals surface area (Å²) in [5, 5.41) is 0. The molecule has 18 heavy (non-hydrogen) atoms. The third kappa shape index (κ3) is 6.02. The molecule has 0 saturated carbocycles. The molecule has 1 N–H and O–H groups in total. The number of nitrogens with one attached hydrogen (secondary N) is 1. The fourth-order valence-corrected chi connectivity index (χ4v) is 1.85. The number of hydrogen-bond donors (Lipinski definition) is 1. The van der Waals surface area contributed by atoms with Gasteiger partial charge in [-0.1, -0.05) is 52.5 Å². The summed E-state index contributed by atoms with van der Waals surface area (Å²) < 4.78 is 16.7. The van der Waals surface area contributed by atoms with E-state index in [1.807, 2.05) is 6.92 Å². The first-order chi connectivity index (χ1) is 8.28. The molecule has 0 aliphatic rings. The van der Waals surface area contributed by atoms with Crippen molar-refractivity contribution in [2.24, 2.45) is 0 Å². The first-order valence-corrected chi connectivity index (χ1v) is 7.05. The predicted molar refractivity (Wildman–Crippen MR) is 72.4 cm³/mol. The van der Waals surface area contributed by atoms with Crippen molar-refractivity contribution in [1.82, 2.24) is 4.72 Å². The molecule has 0 aliphatic heterocycles. The van der Waals surface area contributed by atoms with Crippen molar-refractivity contribution in [3.05, 3.63) is 29.8 Å². The second-order valence-corrected chi connectivity index (χ2v) is 7.10. The third-order valence-corrected chi connectivity index (χ3v) is 3.16. The molecule has 0 saturated heterocycles. The quantitative estimate of drug-likeness (QED) is 0.684. The maximum atomic E-state index is 11.7. The third-order valence-electron chi connectivity index (χ3n) is 1.78. The number of carbonyl (C=O) groups is 1. The molecule has 1 atom stereocenters. The molecular weight excluding hydrogens is 321 g/mol. The van der Waals surface area contributed by atoms with Gasteiger partial charge in [-0.25, -0.2) is 4.79 Å². The van der Waals surface area contributed by atoms with Gasteiger partial charge in [0.15, 0.2) is 4.90 Å². The zero-order valence-electron chi connectivity index (χ0n) is 9.28. The lowest BCUT2D eigenvalue weighted by Gasteiger charge is -2.13. The molecule has 4 nitrogen and oxygen atoms in total. The number of aryl methyl sites for hydroxylation is 1. The number of rotatable bonds is 3. The van der Waals surface area contributed by atoms with Crippen molar-refractivity contribution in [3.8, 4) is 0 Å². The molecule has 0 fully saturated rings. The lowest BCUT2D eigenvalue weighted by molar-refractivity contribution is 0.154. The van der Waals surface area contributed by atoms with Gasteiger partial charge in [-0.3, -0.25) is 0 Å². The summed E-state index contributed by atoms with van der Waals surface area (Å²) in [5.74, 6) is 0. The fraction of sp³-hybridized carbons (Fsp3) is 0.300. The van der Waals surface area contributed by atoms with Crippen LogP contribution in [0.1, 0.15) is 5.56 Å². The van der Waals surface area contributed by atoms with Gasteiger partial charge in [0, 0.05) is 0 Å². The molecule has 1 amide bonds. The molecular formula is C10H10Cl3NO3S. The van der Waals surface area contributed by atoms with E-state index < -0.39 is 27.9 Å². The Labute approximate surface area is 123 Å². The Morgan fingerprint density at radius 3 is 2.44 bits per heavy atom. The van der Waals surface area contributed by atoms with Crippen LogP contribution in [0.25, 0.3) is 0 Å². The first kappa shape index (κ1) is 15.7. The topological polar surface area (TPSA) is 61.4 Å². The zero-order valence-corrected chi connectivity index (χ0v) is 12.4. The minimum atomic E-state index is -1.70. The lowest BCUT2D eigenvalue weighted by Crippen LogP contribution is -2.33. The summed E-state index contributed by atoms with van der Waals surface area (Å²) in [6.45, 7) is 1.48. The van der Waals surface area contributed by atoms with Crippen molar-refractivity contribution in [3.63, 3.8) is 0 Å². The Morgan fingerprint density at radius 1 is 1.39 bits per heavy atom. The van der Waals surface area contributed by atoms with Crippen molar-refractivity contribution < 1.29 is 14.1 Å². The zero-order chi connectivity index (χ0) is 13.8. The molecule has 0 radical (unpaired) electrons. The van der Waals surface area contributed by atoms with Gasteiger partial charge < -0.3 is 9.29 Å². The standard InChI is InChI=1S/C10H10Cl3NO3S/c1-7-2-4-8(5-3-7)18(16)14-9(15)17-6-10(11,12)13/h2-5H,6H2,1H3,(H,14,15). The number of ether oxygens (including phenoxy) is 1. The van der Waals surface area contributed by atoms with Gasteiger partial charge in [-0.2, -0.15) is 0 Å². The number of alkyl halides is 3. The molecule has 0 spiro atoms. The number of benzene rings is 1. The predicted octanol–water partition coefficient (Wildman–Crippen LogP) is 3.11. The van der Waals surface area contributed by atoms with Crippen molar-refractivity contribution in [2.45, 2.75) is 15.6 Å². The molecule has 1 aromatic rings. The van der Waals surface area contributed by atoms with Crippen molar-refractivity contribution in [2.75, 3.05) is 6.61 Å². The van der Waals surface area contributed by atoms with E-state index in [1.54, 1.807) is 24.3 Å². The minimum Gasteiger partial charge on any atom is -0.588 e. The van der Waals surface area contributed by atoms with Gasteiger partial charge in [0.2, 0.25) is 3.79 Å². The van der Waals surface area contributed by atoms with Crippen molar-refractivity contribution in [1.29, 1.82) is 0 Å². The molecule has 100 valence electrons. The number of halogens is 3. The Morgan fingerprint density at radius 2 is 1.94 bits per heavy atom. The van der Waals surface area contributed by atoms with Crippen LogP contribution < -0.4 is 4.72 Å². The Balaban J connectivity index is 2.47. The molecule has 0 heterocycles. The van der Waals surface area contributed by atoms with Crippen LogP contribution in [0.15, 0.2) is 29.2 Å². The minimum absolute atomic E-state index is 0.422. The highest BCUT2D eigenvalue weighted by Crippen LogP contribution is 2.25. The summed E-state index contributed by atoms with van der Waals surface area (Å²) in [7, 11) is 0. The van der Waals surface area contributed by atoms with E-state index in [4.69, 9.17) is 34.8 Å². The molecule has 8 heteroatoms. The van der Waals surface area contributed by atoms with Crippen LogP contribution in [0, 0.1) is 6.92 Å². The van der Waals surface area contributed by atoms with E-state index in [9.17, 15) is 9.35 Å². The first-order valence-electron chi connectivity index (χ1n) is 4.76. The molecule has 1 rings (SSSR count). The maximum absolute atomic E-state index is 11.7. The Kier molecular flexibility index (Phi) is 5.88. The average molecular weight is 331 g/mol. The van der Waals surface area contributed by atoms with Crippen LogP contribution in [0.2, 0.25) is 0 Å². The maximum Gasteiger partial charge on any atom is 0.449 e. The molecule has 0 aliphatic carbocycles. The average Bonchev–Trinajstić information content (AvgIpc) is 2.26. The second-order valence-electron chi connectivity index (χ2n) is 3.38. The van der Waals surface area contributed by atoms with Crippen molar-refractivity contribution >= 4 is 52.3 Å². The second kappa shape index (κ2) is 6.73. The van der Waals surface area contributed by atoms with E-state index in [0.29, 0.717) is 4.90 Å². The van der Waals surface area contributed by atoms with E-state index in [-0.39, 0.29) is 0 Å². The normalized spacial score (nSPS) is 12.9. The van der Waals surface area contributed by atoms with E-state index in [2.05, 4.69) is 9.46 Å². The Hall–Kier alpha value is -0.330. The van der Waals surface area contributed by atoms with Gasteiger partial charge in [0.05, 0.1) is 0 Å². The highest BCUT2D eigenvalue weighted by atomic mass is 35.6. The van der Waals surface area contributed by atoms with Gasteiger partial charge in [-0.05, 0) is 19.1 Å². The molecule has 0 bridgehead atoms. The monoisotopic (exact) mass is 329 g/mol. The van der Waals surface area contributed by atoms with E-state index in [1.165, 1.54) is 0 Å². The molecule has 0 aromatic heterocycles. The van der Waals surface area contributed by atoms with Crippen LogP contribution in [0.4, 0.5) is 4.79 Å². The highest BCUT2D eigenvalue weighted by Gasteiger charge is 2.24. The SMILES string of the molecule is Cc1ccc([S+]([O-])NC(=O)OCC(Cl)(Cl)Cl)cc1. The number of hydrogen-bond acceptors (Lipinski definition) is 3. The number of amides is 1. The van der Waals surface area contributed by atoms with Gasteiger partial charge in [-0.15, -0.1) is 4.72 Å². The molecule has 1 unspecified atom stereocenters. The lowest BCUT2D eigenvalue weighted by atomic mass is 10.2. The number of carbonyl (C=O) groups excluding carboxylic acids is 1. The summed E-state index contributed by atoms with van der Waals surface area (Å²) in [6, 6.07) is 6.84. The van der Waals surface area contributed by atoms with Crippen LogP contribution in [0.5, 0.6) is 0 Å². The highest BCUT2D eigenvalue weighted by molar-refractivity contribution is 7.90. The van der Waals surface area contributed by atoms with Gasteiger partial charge in [0.25, 0.3) is 0 Å². The van der Waals surface area contributed by atoms with Crippen LogP contribution >= 0.6 is 34.8 Å². The summed E-state index contributed by atoms with van der Waals surface area (Å²) >= 11 is 14.5.